The molecule has 0 heterocycles. The summed E-state index contributed by atoms with van der Waals surface area (Å²) in [5.41, 5.74) is 0. The lowest BCUT2D eigenvalue weighted by molar-refractivity contribution is 0.278. The Labute approximate surface area is 36.4 Å². The number of hydrogen-bond acceptors (Lipinski definition) is 3. The van der Waals surface area contributed by atoms with Crippen LogP contribution in [0.25, 0.3) is 0 Å². The van der Waals surface area contributed by atoms with Crippen LogP contribution in [0.15, 0.2) is 0 Å². The molecule has 0 radical (unpaired) electrons. The van der Waals surface area contributed by atoms with E-state index in [0.29, 0.717) is 0 Å². The van der Waals surface area contributed by atoms with E-state index in [9.17, 15) is 0 Å². The molecule has 0 aromatic heterocycles. The van der Waals surface area contributed by atoms with Crippen molar-refractivity contribution in [3.63, 3.8) is 0 Å². The maximum absolute atomic E-state index is 7.17. The topological polar surface area (TPSA) is 60.7 Å². The van der Waals surface area contributed by atoms with Crippen molar-refractivity contribution in [2.75, 3.05) is 0 Å². The summed E-state index contributed by atoms with van der Waals surface area (Å²) in [5.74, 6) is 0. The molecule has 0 aliphatic heterocycles. The highest BCUT2D eigenvalue weighted by molar-refractivity contribution is 6.30. The van der Waals surface area contributed by atoms with Gasteiger partial charge in [0.1, 0.15) is 0 Å². The molecule has 0 saturated heterocycles. The second-order valence-corrected chi connectivity index (χ2v) is 0.346. The molecule has 0 aliphatic rings. The molecule has 0 atom stereocenters. The third-order valence-corrected chi connectivity index (χ3v) is 0. The molecule has 0 aromatic rings. The van der Waals surface area contributed by atoms with E-state index in [0.717, 1.165) is 0 Å². The van der Waals surface area contributed by atoms with Crippen molar-refractivity contribution in [2.45, 2.75) is 0 Å². The smallest absolute Gasteiger partial charge is 0.402 e. The third kappa shape index (κ3) is 89.7. The van der Waals surface area contributed by atoms with E-state index in [1.54, 1.807) is 0 Å². The van der Waals surface area contributed by atoms with Gasteiger partial charge in [0.15, 0.2) is 0 Å². The number of rotatable bonds is 0. The highest BCUT2D eigenvalue weighted by Crippen LogP contribution is 1.40. The van der Waals surface area contributed by atoms with Crippen LogP contribution >= 0.6 is 0 Å². The zero-order valence-electron chi connectivity index (χ0n) is 3.07. The standard InChI is InChI=1S/C2H2.BH3O3/c1-2;2-1(3)4/h1-2H;2-4H. The van der Waals surface area contributed by atoms with Gasteiger partial charge in [0, 0.05) is 0 Å². The summed E-state index contributed by atoms with van der Waals surface area (Å²) >= 11 is 0. The van der Waals surface area contributed by atoms with E-state index in [4.69, 9.17) is 15.1 Å². The second-order valence-electron chi connectivity index (χ2n) is 0.346. The fraction of sp³-hybridized carbons (Fsp3) is 0. The Morgan fingerprint density at radius 1 is 1.00 bits per heavy atom. The minimum Gasteiger partial charge on any atom is -0.402 e. The molecule has 0 bridgehead atoms. The van der Waals surface area contributed by atoms with Gasteiger partial charge < -0.3 is 15.1 Å². The quantitative estimate of drug-likeness (QED) is 0.242. The van der Waals surface area contributed by atoms with Crippen molar-refractivity contribution in [3.05, 3.63) is 0 Å². The van der Waals surface area contributed by atoms with Crippen molar-refractivity contribution in [1.82, 2.24) is 0 Å². The normalized spacial score (nSPS) is 4.83. The molecule has 6 heavy (non-hydrogen) atoms. The van der Waals surface area contributed by atoms with E-state index in [-0.39, 0.29) is 0 Å². The molecule has 0 aliphatic carbocycles. The summed E-state index contributed by atoms with van der Waals surface area (Å²) in [7, 11) is -2.17. The Morgan fingerprint density at radius 2 is 1.00 bits per heavy atom. The molecule has 0 amide bonds. The van der Waals surface area contributed by atoms with Gasteiger partial charge in [-0.1, -0.05) is 0 Å². The van der Waals surface area contributed by atoms with Crippen LogP contribution in [0.5, 0.6) is 0 Å². The molecule has 3 N–H and O–H groups in total. The maximum Gasteiger partial charge on any atom is 0.631 e. The molecule has 34 valence electrons. The van der Waals surface area contributed by atoms with Gasteiger partial charge in [0.05, 0.1) is 0 Å². The van der Waals surface area contributed by atoms with Crippen LogP contribution in [0, 0.1) is 12.8 Å². The number of terminal acetylenes is 1. The van der Waals surface area contributed by atoms with E-state index < -0.39 is 7.32 Å². The average Bonchev–Trinajstić information content (AvgIpc) is 1.41. The summed E-state index contributed by atoms with van der Waals surface area (Å²) in [6, 6.07) is 0. The average molecular weight is 87.9 g/mol. The molecule has 0 spiro atoms. The molecule has 4 heteroatoms. The molecule has 0 unspecified atom stereocenters. The highest BCUT2D eigenvalue weighted by atomic mass is 16.5. The van der Waals surface area contributed by atoms with Crippen LogP contribution in [0.4, 0.5) is 0 Å². The van der Waals surface area contributed by atoms with Gasteiger partial charge >= 0.3 is 7.32 Å². The molecule has 0 rings (SSSR count). The van der Waals surface area contributed by atoms with Crippen molar-refractivity contribution in [3.8, 4) is 12.8 Å². The van der Waals surface area contributed by atoms with Gasteiger partial charge in [-0.05, 0) is 0 Å². The Hall–Kier alpha value is -0.495. The Balaban J connectivity index is 0. The fourth-order valence-corrected chi connectivity index (χ4v) is 0. The zero-order valence-corrected chi connectivity index (χ0v) is 3.07. The highest BCUT2D eigenvalue weighted by Gasteiger charge is 1.92. The Kier molecular flexibility index (Phi) is 13.4. The first-order chi connectivity index (χ1) is 2.73. The molecule has 3 nitrogen and oxygen atoms in total. The molecule has 0 saturated carbocycles. The minimum atomic E-state index is -2.17. The van der Waals surface area contributed by atoms with Gasteiger partial charge in [-0.2, -0.15) is 0 Å². The van der Waals surface area contributed by atoms with Gasteiger partial charge in [0.25, 0.3) is 0 Å². The lowest BCUT2D eigenvalue weighted by Crippen LogP contribution is -2.07. The van der Waals surface area contributed by atoms with Crippen LogP contribution in [0.2, 0.25) is 0 Å². The van der Waals surface area contributed by atoms with Gasteiger partial charge in [-0.15, -0.1) is 12.8 Å². The van der Waals surface area contributed by atoms with Gasteiger partial charge in [-0.3, -0.25) is 0 Å². The third-order valence-electron chi connectivity index (χ3n) is 0. The van der Waals surface area contributed by atoms with E-state index in [1.807, 2.05) is 0 Å². The first kappa shape index (κ1) is 9.09. The molecular weight excluding hydrogens is 82.8 g/mol. The second kappa shape index (κ2) is 8.82. The lowest BCUT2D eigenvalue weighted by atomic mass is 10.3. The van der Waals surface area contributed by atoms with Gasteiger partial charge in [-0.25, -0.2) is 0 Å². The summed E-state index contributed by atoms with van der Waals surface area (Å²) in [5, 5.41) is 21.5. The van der Waals surface area contributed by atoms with Crippen LogP contribution in [0.1, 0.15) is 0 Å². The monoisotopic (exact) mass is 88.0 g/mol. The largest absolute Gasteiger partial charge is 0.631 e. The first-order valence-electron chi connectivity index (χ1n) is 1.11. The van der Waals surface area contributed by atoms with Crippen molar-refractivity contribution >= 4 is 7.32 Å². The summed E-state index contributed by atoms with van der Waals surface area (Å²) in [6.07, 6.45) is 8.00. The van der Waals surface area contributed by atoms with Crippen LogP contribution in [0.3, 0.4) is 0 Å². The zero-order chi connectivity index (χ0) is 5.58. The van der Waals surface area contributed by atoms with E-state index in [1.165, 1.54) is 0 Å². The fourth-order valence-electron chi connectivity index (χ4n) is 0. The Morgan fingerprint density at radius 3 is 1.00 bits per heavy atom. The van der Waals surface area contributed by atoms with Crippen molar-refractivity contribution < 1.29 is 15.1 Å². The number of hydrogen-bond donors (Lipinski definition) is 3. The van der Waals surface area contributed by atoms with E-state index in [2.05, 4.69) is 12.8 Å². The molecule has 0 aromatic carbocycles. The summed E-state index contributed by atoms with van der Waals surface area (Å²) in [6.45, 7) is 0. The summed E-state index contributed by atoms with van der Waals surface area (Å²) < 4.78 is 0. The molecule has 0 fully saturated rings. The van der Waals surface area contributed by atoms with Gasteiger partial charge in [0.2, 0.25) is 0 Å². The maximum atomic E-state index is 7.17. The predicted molar refractivity (Wildman–Crippen MR) is 22.3 cm³/mol. The SMILES string of the molecule is C#C.OB(O)O. The van der Waals surface area contributed by atoms with Crippen LogP contribution in [-0.2, 0) is 0 Å². The molecular formula is C2H5BO3. The minimum absolute atomic E-state index is 2.17. The van der Waals surface area contributed by atoms with Crippen molar-refractivity contribution in [1.29, 1.82) is 0 Å². The Bertz CT molecular complexity index is 30.3. The predicted octanol–water partition coefficient (Wildman–Crippen LogP) is -1.80. The van der Waals surface area contributed by atoms with E-state index >= 15 is 0 Å². The van der Waals surface area contributed by atoms with Crippen LogP contribution < -0.4 is 0 Å². The first-order valence-corrected chi connectivity index (χ1v) is 1.11. The summed E-state index contributed by atoms with van der Waals surface area (Å²) in [4.78, 5) is 0. The van der Waals surface area contributed by atoms with Crippen molar-refractivity contribution in [2.24, 2.45) is 0 Å². The lowest BCUT2D eigenvalue weighted by Gasteiger charge is -1.69. The van der Waals surface area contributed by atoms with Crippen LogP contribution in [-0.4, -0.2) is 22.4 Å².